The van der Waals surface area contributed by atoms with Gasteiger partial charge in [-0.1, -0.05) is 0 Å². The molecule has 0 saturated carbocycles. The van der Waals surface area contributed by atoms with Crippen molar-refractivity contribution in [2.75, 3.05) is 31.1 Å². The third-order valence-corrected chi connectivity index (χ3v) is 3.87. The number of anilines is 1. The Balaban J connectivity index is 2.00. The van der Waals surface area contributed by atoms with Crippen molar-refractivity contribution in [1.82, 2.24) is 4.90 Å². The Morgan fingerprint density at radius 2 is 1.79 bits per heavy atom. The molecule has 24 heavy (non-hydrogen) atoms. The van der Waals surface area contributed by atoms with Crippen LogP contribution in [0.4, 0.5) is 10.5 Å². The van der Waals surface area contributed by atoms with E-state index in [1.807, 2.05) is 32.9 Å². The first-order chi connectivity index (χ1) is 11.1. The lowest BCUT2D eigenvalue weighted by Gasteiger charge is -2.37. The standard InChI is InChI=1S/C17H24N2O4S/c1-17(2,3)23-16(22)19-6-4-18(5-7-19)13-8-12(10-15(20)21)9-14(24)11-13/h8-9,11,24H,4-7,10H2,1-3H3,(H,20,21). The molecule has 0 atom stereocenters. The molecule has 0 radical (unpaired) electrons. The van der Waals surface area contributed by atoms with E-state index in [4.69, 9.17) is 9.84 Å². The molecule has 1 aliphatic heterocycles. The zero-order valence-corrected chi connectivity index (χ0v) is 15.2. The summed E-state index contributed by atoms with van der Waals surface area (Å²) in [5, 5.41) is 8.95. The molecule has 7 heteroatoms. The van der Waals surface area contributed by atoms with Crippen LogP contribution >= 0.6 is 12.6 Å². The number of nitrogens with zero attached hydrogens (tertiary/aromatic N) is 2. The maximum absolute atomic E-state index is 12.1. The summed E-state index contributed by atoms with van der Waals surface area (Å²) in [4.78, 5) is 27.6. The van der Waals surface area contributed by atoms with Crippen LogP contribution in [0.25, 0.3) is 0 Å². The van der Waals surface area contributed by atoms with Gasteiger partial charge in [-0.25, -0.2) is 4.79 Å². The summed E-state index contributed by atoms with van der Waals surface area (Å²) in [6.45, 7) is 8.03. The second-order valence-electron chi connectivity index (χ2n) is 6.88. The summed E-state index contributed by atoms with van der Waals surface area (Å²) >= 11 is 4.36. The molecule has 1 heterocycles. The molecule has 1 aromatic carbocycles. The summed E-state index contributed by atoms with van der Waals surface area (Å²) in [7, 11) is 0. The molecule has 0 bridgehead atoms. The van der Waals surface area contributed by atoms with Crippen molar-refractivity contribution in [3.8, 4) is 0 Å². The van der Waals surface area contributed by atoms with E-state index in [0.29, 0.717) is 26.2 Å². The van der Waals surface area contributed by atoms with Gasteiger partial charge in [0.2, 0.25) is 0 Å². The number of carboxylic acid groups (broad SMARTS) is 1. The van der Waals surface area contributed by atoms with Crippen LogP contribution in [-0.2, 0) is 16.0 Å². The molecule has 1 amide bonds. The topological polar surface area (TPSA) is 70.1 Å². The predicted molar refractivity (Wildman–Crippen MR) is 95.1 cm³/mol. The van der Waals surface area contributed by atoms with Crippen LogP contribution in [0.15, 0.2) is 23.1 Å². The Morgan fingerprint density at radius 1 is 1.17 bits per heavy atom. The van der Waals surface area contributed by atoms with Gasteiger partial charge in [-0.3, -0.25) is 4.79 Å². The summed E-state index contributed by atoms with van der Waals surface area (Å²) in [6.07, 6.45) is -0.323. The van der Waals surface area contributed by atoms with Crippen molar-refractivity contribution >= 4 is 30.4 Å². The largest absolute Gasteiger partial charge is 0.481 e. The SMILES string of the molecule is CC(C)(C)OC(=O)N1CCN(c2cc(S)cc(CC(=O)O)c2)CC1. The predicted octanol–water partition coefficient (Wildman–Crippen LogP) is 2.66. The number of rotatable bonds is 3. The van der Waals surface area contributed by atoms with Gasteiger partial charge in [-0.15, -0.1) is 12.6 Å². The number of ether oxygens (including phenoxy) is 1. The Morgan fingerprint density at radius 3 is 2.33 bits per heavy atom. The summed E-state index contributed by atoms with van der Waals surface area (Å²) in [5.74, 6) is -0.866. The smallest absolute Gasteiger partial charge is 0.410 e. The number of carbonyl (C=O) groups excluding carboxylic acids is 1. The minimum atomic E-state index is -0.866. The first kappa shape index (κ1) is 18.4. The van der Waals surface area contributed by atoms with Crippen molar-refractivity contribution in [3.63, 3.8) is 0 Å². The highest BCUT2D eigenvalue weighted by atomic mass is 32.1. The molecular weight excluding hydrogens is 328 g/mol. The van der Waals surface area contributed by atoms with Gasteiger partial charge in [0.25, 0.3) is 0 Å². The molecule has 0 unspecified atom stereocenters. The lowest BCUT2D eigenvalue weighted by atomic mass is 10.1. The van der Waals surface area contributed by atoms with Crippen LogP contribution < -0.4 is 4.90 Å². The van der Waals surface area contributed by atoms with E-state index in [9.17, 15) is 9.59 Å². The molecule has 2 rings (SSSR count). The molecule has 6 nitrogen and oxygen atoms in total. The number of thiol groups is 1. The Bertz CT molecular complexity index is 620. The number of amides is 1. The van der Waals surface area contributed by atoms with E-state index >= 15 is 0 Å². The molecule has 1 aromatic rings. The Kier molecular flexibility index (Phi) is 5.64. The van der Waals surface area contributed by atoms with Crippen molar-refractivity contribution in [2.24, 2.45) is 0 Å². The molecule has 0 aliphatic carbocycles. The highest BCUT2D eigenvalue weighted by molar-refractivity contribution is 7.80. The monoisotopic (exact) mass is 352 g/mol. The highest BCUT2D eigenvalue weighted by Gasteiger charge is 2.26. The number of benzene rings is 1. The zero-order valence-electron chi connectivity index (χ0n) is 14.3. The summed E-state index contributed by atoms with van der Waals surface area (Å²) in [6, 6.07) is 5.55. The average Bonchev–Trinajstić information content (AvgIpc) is 2.44. The lowest BCUT2D eigenvalue weighted by Crippen LogP contribution is -2.50. The molecule has 132 valence electrons. The van der Waals surface area contributed by atoms with E-state index < -0.39 is 11.6 Å². The number of piperazine rings is 1. The van der Waals surface area contributed by atoms with Crippen LogP contribution in [0.5, 0.6) is 0 Å². The second-order valence-corrected chi connectivity index (χ2v) is 7.40. The van der Waals surface area contributed by atoms with Gasteiger partial charge >= 0.3 is 12.1 Å². The van der Waals surface area contributed by atoms with Gasteiger partial charge < -0.3 is 19.6 Å². The van der Waals surface area contributed by atoms with E-state index in [1.165, 1.54) is 0 Å². The first-order valence-electron chi connectivity index (χ1n) is 7.91. The lowest BCUT2D eigenvalue weighted by molar-refractivity contribution is -0.136. The highest BCUT2D eigenvalue weighted by Crippen LogP contribution is 2.23. The third kappa shape index (κ3) is 5.33. The van der Waals surface area contributed by atoms with Crippen molar-refractivity contribution in [1.29, 1.82) is 0 Å². The summed E-state index contributed by atoms with van der Waals surface area (Å²) in [5.41, 5.74) is 1.16. The van der Waals surface area contributed by atoms with Crippen molar-refractivity contribution in [2.45, 2.75) is 37.7 Å². The maximum Gasteiger partial charge on any atom is 0.410 e. The first-order valence-corrected chi connectivity index (χ1v) is 8.36. The van der Waals surface area contributed by atoms with Gasteiger partial charge in [0.05, 0.1) is 6.42 Å². The van der Waals surface area contributed by atoms with Crippen molar-refractivity contribution in [3.05, 3.63) is 23.8 Å². The number of carbonyl (C=O) groups is 2. The Hall–Kier alpha value is -1.89. The minimum Gasteiger partial charge on any atom is -0.481 e. The van der Waals surface area contributed by atoms with Crippen molar-refractivity contribution < 1.29 is 19.4 Å². The molecule has 1 fully saturated rings. The van der Waals surface area contributed by atoms with Gasteiger partial charge in [0.15, 0.2) is 0 Å². The molecule has 0 spiro atoms. The van der Waals surface area contributed by atoms with E-state index in [1.54, 1.807) is 11.0 Å². The number of aliphatic carboxylic acids is 1. The molecule has 1 aliphatic rings. The molecule has 0 aromatic heterocycles. The second kappa shape index (κ2) is 7.34. The molecule has 1 N–H and O–H groups in total. The fraction of sp³-hybridized carbons (Fsp3) is 0.529. The van der Waals surface area contributed by atoms with E-state index in [2.05, 4.69) is 17.5 Å². The van der Waals surface area contributed by atoms with E-state index in [-0.39, 0.29) is 12.5 Å². The van der Waals surface area contributed by atoms with Crippen LogP contribution in [0.1, 0.15) is 26.3 Å². The average molecular weight is 352 g/mol. The van der Waals surface area contributed by atoms with Gasteiger partial charge in [-0.2, -0.15) is 0 Å². The minimum absolute atomic E-state index is 0.0285. The fourth-order valence-corrected chi connectivity index (χ4v) is 2.89. The fourth-order valence-electron chi connectivity index (χ4n) is 2.59. The van der Waals surface area contributed by atoms with Gasteiger partial charge in [0.1, 0.15) is 5.60 Å². The van der Waals surface area contributed by atoms with Crippen LogP contribution in [0.3, 0.4) is 0 Å². The van der Waals surface area contributed by atoms with Crippen LogP contribution in [0, 0.1) is 0 Å². The maximum atomic E-state index is 12.1. The normalized spacial score (nSPS) is 15.3. The van der Waals surface area contributed by atoms with E-state index in [0.717, 1.165) is 16.1 Å². The number of carboxylic acids is 1. The van der Waals surface area contributed by atoms with Crippen LogP contribution in [-0.4, -0.2) is 53.8 Å². The quantitative estimate of drug-likeness (QED) is 0.819. The van der Waals surface area contributed by atoms with Crippen LogP contribution in [0.2, 0.25) is 0 Å². The molecule has 1 saturated heterocycles. The number of hydrogen-bond donors (Lipinski definition) is 2. The molecular formula is C17H24N2O4S. The third-order valence-electron chi connectivity index (χ3n) is 3.61. The number of hydrogen-bond acceptors (Lipinski definition) is 5. The zero-order chi connectivity index (χ0) is 17.9. The summed E-state index contributed by atoms with van der Waals surface area (Å²) < 4.78 is 5.39. The van der Waals surface area contributed by atoms with Gasteiger partial charge in [-0.05, 0) is 44.5 Å². The Labute approximate surface area is 147 Å². The van der Waals surface area contributed by atoms with Gasteiger partial charge in [0, 0.05) is 36.8 Å².